The Balaban J connectivity index is 1.80. The van der Waals surface area contributed by atoms with Gasteiger partial charge in [0, 0.05) is 30.6 Å². The van der Waals surface area contributed by atoms with Crippen LogP contribution in [-0.2, 0) is 20.9 Å². The molecule has 1 atom stereocenters. The molecule has 138 valence electrons. The quantitative estimate of drug-likeness (QED) is 0.792. The molecule has 26 heavy (non-hydrogen) atoms. The van der Waals surface area contributed by atoms with Crippen molar-refractivity contribution >= 4 is 28.9 Å². The molecule has 0 aliphatic carbocycles. The highest BCUT2D eigenvalue weighted by Crippen LogP contribution is 2.27. The van der Waals surface area contributed by atoms with Gasteiger partial charge in [-0.25, -0.2) is 9.59 Å². The topological polar surface area (TPSA) is 98.1 Å². The number of hydrogen-bond acceptors (Lipinski definition) is 6. The molecule has 3 amide bonds. The maximum absolute atomic E-state index is 12.6. The highest BCUT2D eigenvalue weighted by atomic mass is 16.6. The Kier molecular flexibility index (Phi) is 5.22. The summed E-state index contributed by atoms with van der Waals surface area (Å²) in [6.45, 7) is 4.58. The number of amides is 3. The highest BCUT2D eigenvalue weighted by Gasteiger charge is 2.33. The second-order valence-corrected chi connectivity index (χ2v) is 5.81. The summed E-state index contributed by atoms with van der Waals surface area (Å²) in [5.41, 5.74) is 1.11. The lowest BCUT2D eigenvalue weighted by Crippen LogP contribution is -2.41. The fraction of sp³-hybridized carbons (Fsp3) is 0.389. The fourth-order valence-electron chi connectivity index (χ4n) is 2.78. The van der Waals surface area contributed by atoms with Crippen LogP contribution in [0.1, 0.15) is 30.0 Å². The summed E-state index contributed by atoms with van der Waals surface area (Å²) in [5, 5.41) is 3.29. The van der Waals surface area contributed by atoms with Gasteiger partial charge in [0.05, 0.1) is 6.61 Å². The van der Waals surface area contributed by atoms with Crippen LogP contribution >= 0.6 is 0 Å². The molecule has 0 bridgehead atoms. The number of hydrogen-bond donors (Lipinski definition) is 1. The summed E-state index contributed by atoms with van der Waals surface area (Å²) < 4.78 is 16.3. The molecule has 0 saturated carbocycles. The molecule has 1 fully saturated rings. The van der Waals surface area contributed by atoms with Gasteiger partial charge in [0.15, 0.2) is 6.10 Å². The van der Waals surface area contributed by atoms with Gasteiger partial charge in [-0.3, -0.25) is 9.69 Å². The highest BCUT2D eigenvalue weighted by molar-refractivity contribution is 6.00. The van der Waals surface area contributed by atoms with Gasteiger partial charge in [-0.15, -0.1) is 0 Å². The Labute approximate surface area is 150 Å². The van der Waals surface area contributed by atoms with Gasteiger partial charge in [0.1, 0.15) is 5.58 Å². The SMILES string of the molecule is CCOCc1c(C(=O)OC(C)C(=O)N2CCNC2=O)oc2ccccc12. The molecule has 1 unspecified atom stereocenters. The first kappa shape index (κ1) is 17.9. The van der Waals surface area contributed by atoms with Crippen molar-refractivity contribution in [2.75, 3.05) is 19.7 Å². The predicted octanol–water partition coefficient (Wildman–Crippen LogP) is 2.07. The number of nitrogens with one attached hydrogen (secondary N) is 1. The number of benzene rings is 1. The lowest BCUT2D eigenvalue weighted by Gasteiger charge is -2.17. The number of esters is 1. The molecule has 8 heteroatoms. The van der Waals surface area contributed by atoms with Gasteiger partial charge in [-0.2, -0.15) is 0 Å². The average molecular weight is 360 g/mol. The minimum atomic E-state index is -1.11. The van der Waals surface area contributed by atoms with Crippen molar-refractivity contribution in [2.45, 2.75) is 26.6 Å². The molecule has 0 radical (unpaired) electrons. The lowest BCUT2D eigenvalue weighted by atomic mass is 10.1. The van der Waals surface area contributed by atoms with E-state index in [0.29, 0.717) is 24.3 Å². The number of nitrogens with zero attached hydrogens (tertiary/aromatic N) is 1. The van der Waals surface area contributed by atoms with Crippen LogP contribution in [0.3, 0.4) is 0 Å². The second kappa shape index (κ2) is 7.57. The molecular weight excluding hydrogens is 340 g/mol. The molecule has 1 aliphatic rings. The van der Waals surface area contributed by atoms with Gasteiger partial charge in [-0.1, -0.05) is 18.2 Å². The zero-order valence-corrected chi connectivity index (χ0v) is 14.6. The molecule has 1 aliphatic heterocycles. The summed E-state index contributed by atoms with van der Waals surface area (Å²) in [4.78, 5) is 37.5. The van der Waals surface area contributed by atoms with Crippen molar-refractivity contribution in [1.82, 2.24) is 10.2 Å². The first-order valence-corrected chi connectivity index (χ1v) is 8.41. The largest absolute Gasteiger partial charge is 0.449 e. The van der Waals surface area contributed by atoms with E-state index in [1.165, 1.54) is 6.92 Å². The van der Waals surface area contributed by atoms with E-state index in [1.807, 2.05) is 19.1 Å². The molecule has 1 saturated heterocycles. The zero-order chi connectivity index (χ0) is 18.7. The van der Waals surface area contributed by atoms with E-state index in [0.717, 1.165) is 10.3 Å². The van der Waals surface area contributed by atoms with Crippen LogP contribution < -0.4 is 5.32 Å². The Morgan fingerprint density at radius 3 is 2.81 bits per heavy atom. The van der Waals surface area contributed by atoms with Crippen LogP contribution in [0.25, 0.3) is 11.0 Å². The summed E-state index contributed by atoms with van der Waals surface area (Å²) >= 11 is 0. The summed E-state index contributed by atoms with van der Waals surface area (Å²) in [5.74, 6) is -1.34. The summed E-state index contributed by atoms with van der Waals surface area (Å²) in [6, 6.07) is 6.71. The summed E-state index contributed by atoms with van der Waals surface area (Å²) in [7, 11) is 0. The van der Waals surface area contributed by atoms with Crippen molar-refractivity contribution in [3.05, 3.63) is 35.6 Å². The van der Waals surface area contributed by atoms with Crippen molar-refractivity contribution in [3.63, 3.8) is 0 Å². The Bertz CT molecular complexity index is 843. The molecule has 0 spiro atoms. The molecule has 3 rings (SSSR count). The van der Waals surface area contributed by atoms with Crippen molar-refractivity contribution in [2.24, 2.45) is 0 Å². The predicted molar refractivity (Wildman–Crippen MR) is 91.5 cm³/mol. The van der Waals surface area contributed by atoms with Gasteiger partial charge >= 0.3 is 12.0 Å². The number of urea groups is 1. The minimum absolute atomic E-state index is 0.00479. The number of imide groups is 1. The van der Waals surface area contributed by atoms with Crippen LogP contribution in [0.2, 0.25) is 0 Å². The number of rotatable bonds is 6. The molecule has 8 nitrogen and oxygen atoms in total. The molecule has 1 aromatic heterocycles. The molecule has 2 heterocycles. The van der Waals surface area contributed by atoms with Crippen LogP contribution in [0.5, 0.6) is 0 Å². The number of fused-ring (bicyclic) bond motifs is 1. The van der Waals surface area contributed by atoms with E-state index in [9.17, 15) is 14.4 Å². The third-order valence-corrected chi connectivity index (χ3v) is 4.09. The average Bonchev–Trinajstić information content (AvgIpc) is 3.22. The standard InChI is InChI=1S/C18H20N2O6/c1-3-24-10-13-12-6-4-5-7-14(12)26-15(13)17(22)25-11(2)16(21)20-9-8-19-18(20)23/h4-7,11H,3,8-10H2,1-2H3,(H,19,23). The summed E-state index contributed by atoms with van der Waals surface area (Å²) in [6.07, 6.45) is -1.11. The van der Waals surface area contributed by atoms with E-state index in [-0.39, 0.29) is 18.9 Å². The first-order chi connectivity index (χ1) is 12.5. The van der Waals surface area contributed by atoms with Crippen LogP contribution in [0.4, 0.5) is 4.79 Å². The van der Waals surface area contributed by atoms with Gasteiger partial charge < -0.3 is 19.2 Å². The third-order valence-electron chi connectivity index (χ3n) is 4.09. The van der Waals surface area contributed by atoms with E-state index in [2.05, 4.69) is 5.32 Å². The Hall–Kier alpha value is -2.87. The minimum Gasteiger partial charge on any atom is -0.449 e. The molecule has 1 aromatic carbocycles. The Morgan fingerprint density at radius 1 is 1.35 bits per heavy atom. The number of ether oxygens (including phenoxy) is 2. The van der Waals surface area contributed by atoms with E-state index in [1.54, 1.807) is 12.1 Å². The number of furan rings is 1. The zero-order valence-electron chi connectivity index (χ0n) is 14.6. The molecule has 1 N–H and O–H groups in total. The molecule has 2 aromatic rings. The number of carbonyl (C=O) groups excluding carboxylic acids is 3. The van der Waals surface area contributed by atoms with Gasteiger partial charge in [-0.05, 0) is 19.9 Å². The van der Waals surface area contributed by atoms with Gasteiger partial charge in [0.25, 0.3) is 5.91 Å². The smallest absolute Gasteiger partial charge is 0.375 e. The van der Waals surface area contributed by atoms with Crippen LogP contribution in [-0.4, -0.2) is 48.6 Å². The van der Waals surface area contributed by atoms with Crippen LogP contribution in [0.15, 0.2) is 28.7 Å². The number of para-hydroxylation sites is 1. The maximum atomic E-state index is 12.6. The lowest BCUT2D eigenvalue weighted by molar-refractivity contribution is -0.136. The monoisotopic (exact) mass is 360 g/mol. The number of carbonyl (C=O) groups is 3. The van der Waals surface area contributed by atoms with Crippen molar-refractivity contribution in [3.8, 4) is 0 Å². The van der Waals surface area contributed by atoms with E-state index in [4.69, 9.17) is 13.9 Å². The fourth-order valence-corrected chi connectivity index (χ4v) is 2.78. The van der Waals surface area contributed by atoms with E-state index < -0.39 is 24.0 Å². The maximum Gasteiger partial charge on any atom is 0.375 e. The van der Waals surface area contributed by atoms with Gasteiger partial charge in [0.2, 0.25) is 5.76 Å². The Morgan fingerprint density at radius 2 is 2.12 bits per heavy atom. The van der Waals surface area contributed by atoms with E-state index >= 15 is 0 Å². The van der Waals surface area contributed by atoms with Crippen LogP contribution in [0, 0.1) is 0 Å². The first-order valence-electron chi connectivity index (χ1n) is 8.41. The third kappa shape index (κ3) is 3.41. The normalized spacial score (nSPS) is 15.2. The molecular formula is C18H20N2O6. The van der Waals surface area contributed by atoms with Crippen molar-refractivity contribution < 1.29 is 28.3 Å². The van der Waals surface area contributed by atoms with Crippen molar-refractivity contribution in [1.29, 1.82) is 0 Å². The second-order valence-electron chi connectivity index (χ2n) is 5.81.